The molecule has 11 aromatic rings. The molecule has 7 aromatic carbocycles. The van der Waals surface area contributed by atoms with Crippen LogP contribution in [0.15, 0.2) is 150 Å². The zero-order chi connectivity index (χ0) is 40.2. The average Bonchev–Trinajstić information content (AvgIpc) is 3.91. The van der Waals surface area contributed by atoms with E-state index in [0.29, 0.717) is 17.6 Å². The third-order valence-corrected chi connectivity index (χ3v) is 12.9. The molecular weight excluding hydrogens is 741 g/mol. The summed E-state index contributed by atoms with van der Waals surface area (Å²) in [5.41, 5.74) is 10.4. The lowest BCUT2D eigenvalue weighted by atomic mass is 9.85. The molecule has 0 saturated heterocycles. The lowest BCUT2D eigenvalue weighted by Crippen LogP contribution is -2.10. The predicted molar refractivity (Wildman–Crippen MR) is 248 cm³/mol. The second kappa shape index (κ2) is 12.9. The molecule has 11 rings (SSSR count). The number of thiophene rings is 1. The van der Waals surface area contributed by atoms with E-state index in [9.17, 15) is 0 Å². The number of nitrogens with zero attached hydrogens (tertiary/aromatic N) is 4. The molecule has 0 unspecified atom stereocenters. The van der Waals surface area contributed by atoms with Gasteiger partial charge in [0, 0.05) is 52.8 Å². The van der Waals surface area contributed by atoms with Crippen molar-refractivity contribution in [3.63, 3.8) is 0 Å². The second-order valence-corrected chi connectivity index (χ2v) is 18.8. The molecule has 0 saturated carbocycles. The Morgan fingerprint density at radius 1 is 0.441 bits per heavy atom. The minimum Gasteiger partial charge on any atom is -0.456 e. The molecule has 0 atom stereocenters. The Morgan fingerprint density at radius 2 is 1.05 bits per heavy atom. The summed E-state index contributed by atoms with van der Waals surface area (Å²) in [4.78, 5) is 16.0. The summed E-state index contributed by atoms with van der Waals surface area (Å²) in [5.74, 6) is 1.78. The van der Waals surface area contributed by atoms with Gasteiger partial charge in [-0.2, -0.15) is 9.97 Å². The number of aromatic nitrogens is 4. The zero-order valence-electron chi connectivity index (χ0n) is 34.0. The van der Waals surface area contributed by atoms with Crippen LogP contribution in [0.25, 0.3) is 104 Å². The van der Waals surface area contributed by atoms with Crippen LogP contribution in [-0.4, -0.2) is 19.5 Å². The molecule has 59 heavy (non-hydrogen) atoms. The highest BCUT2D eigenvalue weighted by atomic mass is 32.1. The van der Waals surface area contributed by atoms with Crippen molar-refractivity contribution in [2.45, 2.75) is 52.4 Å². The summed E-state index contributed by atoms with van der Waals surface area (Å²) in [6.45, 7) is 13.6. The van der Waals surface area contributed by atoms with Crippen molar-refractivity contribution in [3.05, 3.63) is 157 Å². The van der Waals surface area contributed by atoms with Gasteiger partial charge in [-0.15, -0.1) is 11.3 Å². The molecule has 0 aliphatic heterocycles. The predicted octanol–water partition coefficient (Wildman–Crippen LogP) is 14.8. The third kappa shape index (κ3) is 5.84. The van der Waals surface area contributed by atoms with Gasteiger partial charge in [0.2, 0.25) is 5.95 Å². The molecule has 6 heteroatoms. The summed E-state index contributed by atoms with van der Waals surface area (Å²) in [6, 6.07) is 51.9. The molecule has 5 nitrogen and oxygen atoms in total. The highest BCUT2D eigenvalue weighted by molar-refractivity contribution is 7.26. The van der Waals surface area contributed by atoms with Crippen molar-refractivity contribution in [3.8, 4) is 39.9 Å². The van der Waals surface area contributed by atoms with Crippen LogP contribution in [0.1, 0.15) is 52.7 Å². The topological polar surface area (TPSA) is 56.7 Å². The van der Waals surface area contributed by atoms with Crippen LogP contribution in [0, 0.1) is 0 Å². The van der Waals surface area contributed by atoms with E-state index in [4.69, 9.17) is 19.4 Å². The van der Waals surface area contributed by atoms with Gasteiger partial charge in [0.15, 0.2) is 11.6 Å². The summed E-state index contributed by atoms with van der Waals surface area (Å²) in [5, 5.41) is 7.00. The zero-order valence-corrected chi connectivity index (χ0v) is 34.8. The third-order valence-electron chi connectivity index (χ3n) is 11.8. The highest BCUT2D eigenvalue weighted by Gasteiger charge is 2.24. The first-order chi connectivity index (χ1) is 28.5. The van der Waals surface area contributed by atoms with Crippen LogP contribution >= 0.6 is 11.3 Å². The van der Waals surface area contributed by atoms with Gasteiger partial charge in [0.05, 0.1) is 11.0 Å². The van der Waals surface area contributed by atoms with Gasteiger partial charge in [-0.1, -0.05) is 120 Å². The maximum atomic E-state index is 6.51. The first kappa shape index (κ1) is 35.5. The normalized spacial score (nSPS) is 12.6. The van der Waals surface area contributed by atoms with Crippen LogP contribution in [0.5, 0.6) is 0 Å². The number of rotatable bonds is 4. The van der Waals surface area contributed by atoms with E-state index in [1.807, 2.05) is 17.4 Å². The van der Waals surface area contributed by atoms with E-state index < -0.39 is 0 Å². The minimum atomic E-state index is -0.0156. The fourth-order valence-corrected chi connectivity index (χ4v) is 9.70. The largest absolute Gasteiger partial charge is 0.456 e. The molecule has 0 amide bonds. The quantitative estimate of drug-likeness (QED) is 0.178. The molecule has 4 heterocycles. The molecule has 0 aliphatic rings. The van der Waals surface area contributed by atoms with Crippen LogP contribution < -0.4 is 0 Å². The van der Waals surface area contributed by atoms with Gasteiger partial charge < -0.3 is 4.42 Å². The van der Waals surface area contributed by atoms with Crippen molar-refractivity contribution in [1.82, 2.24) is 19.5 Å². The lowest BCUT2D eigenvalue weighted by molar-refractivity contribution is 0.590. The van der Waals surface area contributed by atoms with Crippen LogP contribution in [-0.2, 0) is 10.8 Å². The van der Waals surface area contributed by atoms with Crippen molar-refractivity contribution < 1.29 is 4.42 Å². The van der Waals surface area contributed by atoms with Crippen LogP contribution in [0.3, 0.4) is 0 Å². The van der Waals surface area contributed by atoms with Gasteiger partial charge >= 0.3 is 0 Å². The average molecular weight is 783 g/mol. The number of hydrogen-bond acceptors (Lipinski definition) is 5. The number of benzene rings is 7. The molecule has 0 N–H and O–H groups in total. The van der Waals surface area contributed by atoms with Gasteiger partial charge in [0.25, 0.3) is 0 Å². The SMILES string of the molecule is CC(C)(C)c1ccc2c(c1)c1cc(C(C)(C)C)ccc1n2-c1nc(-c2cccc(-c3ccccc3)c2)nc(-c2ccc3oc4ccc5sc6ccccc6c5c4c3c2)n1. The van der Waals surface area contributed by atoms with Gasteiger partial charge in [-0.3, -0.25) is 4.57 Å². The maximum Gasteiger partial charge on any atom is 0.238 e. The standard InChI is InChI=1S/C53H42N4OS/c1-52(2,3)35-20-22-41-38(29-35)39-30-36(53(4,5)6)21-23-42(39)57(41)51-55-49(33-16-12-15-32(27-33)31-13-8-7-9-14-31)54-50(56-51)34-19-24-43-40(28-34)47-44(58-43)25-26-46-48(47)37-17-10-11-18-45(37)59-46/h7-30H,1-6H3. The van der Waals surface area contributed by atoms with E-state index >= 15 is 0 Å². The fourth-order valence-electron chi connectivity index (χ4n) is 8.59. The Kier molecular flexibility index (Phi) is 7.79. The summed E-state index contributed by atoms with van der Waals surface area (Å²) in [6.07, 6.45) is 0. The maximum absolute atomic E-state index is 6.51. The van der Waals surface area contributed by atoms with Gasteiger partial charge in [-0.05, 0) is 99.8 Å². The lowest BCUT2D eigenvalue weighted by Gasteiger charge is -2.19. The Hall–Kier alpha value is -6.63. The summed E-state index contributed by atoms with van der Waals surface area (Å²) in [7, 11) is 0. The van der Waals surface area contributed by atoms with E-state index in [1.165, 1.54) is 42.1 Å². The Bertz CT molecular complexity index is 3390. The monoisotopic (exact) mass is 782 g/mol. The Balaban J connectivity index is 1.19. The number of furan rings is 1. The van der Waals surface area contributed by atoms with E-state index in [-0.39, 0.29) is 10.8 Å². The Morgan fingerprint density at radius 3 is 1.75 bits per heavy atom. The fraction of sp³-hybridized carbons (Fsp3) is 0.151. The first-order valence-corrected chi connectivity index (χ1v) is 21.1. The summed E-state index contributed by atoms with van der Waals surface area (Å²) >= 11 is 1.82. The number of hydrogen-bond donors (Lipinski definition) is 0. The van der Waals surface area contributed by atoms with Gasteiger partial charge in [-0.25, -0.2) is 4.98 Å². The van der Waals surface area contributed by atoms with Gasteiger partial charge in [0.1, 0.15) is 11.2 Å². The minimum absolute atomic E-state index is 0.0156. The smallest absolute Gasteiger partial charge is 0.238 e. The van der Waals surface area contributed by atoms with E-state index in [0.717, 1.165) is 55.2 Å². The molecule has 286 valence electrons. The number of fused-ring (bicyclic) bond motifs is 10. The van der Waals surface area contributed by atoms with Crippen molar-refractivity contribution in [2.75, 3.05) is 0 Å². The second-order valence-electron chi connectivity index (χ2n) is 17.8. The molecule has 0 bridgehead atoms. The summed E-state index contributed by atoms with van der Waals surface area (Å²) < 4.78 is 11.2. The molecule has 0 radical (unpaired) electrons. The molecule has 0 spiro atoms. The van der Waals surface area contributed by atoms with Crippen molar-refractivity contribution in [2.24, 2.45) is 0 Å². The van der Waals surface area contributed by atoms with Crippen LogP contribution in [0.4, 0.5) is 0 Å². The molecule has 4 aromatic heterocycles. The molecular formula is C53H42N4OS. The molecule has 0 aliphatic carbocycles. The first-order valence-electron chi connectivity index (χ1n) is 20.3. The highest BCUT2D eigenvalue weighted by Crippen LogP contribution is 2.44. The van der Waals surface area contributed by atoms with E-state index in [1.54, 1.807) is 0 Å². The van der Waals surface area contributed by atoms with Crippen molar-refractivity contribution >= 4 is 75.3 Å². The van der Waals surface area contributed by atoms with Crippen LogP contribution in [0.2, 0.25) is 0 Å². The van der Waals surface area contributed by atoms with Crippen molar-refractivity contribution in [1.29, 1.82) is 0 Å². The molecule has 0 fully saturated rings. The Labute approximate surface area is 346 Å². The van der Waals surface area contributed by atoms with E-state index in [2.05, 4.69) is 186 Å².